The zero-order valence-electron chi connectivity index (χ0n) is 9.41. The molecule has 0 aliphatic heterocycles. The van der Waals surface area contributed by atoms with Crippen molar-refractivity contribution in [1.82, 2.24) is 14.6 Å². The Bertz CT molecular complexity index is 602. The quantitative estimate of drug-likeness (QED) is 0.791. The molecule has 2 aromatic rings. The number of esters is 1. The molecule has 98 valence electrons. The minimum Gasteiger partial charge on any atom is -0.462 e. The van der Waals surface area contributed by atoms with Crippen molar-refractivity contribution in [3.63, 3.8) is 0 Å². The van der Waals surface area contributed by atoms with E-state index in [0.717, 1.165) is 15.9 Å². The molecule has 0 N–H and O–H groups in total. The van der Waals surface area contributed by atoms with Crippen LogP contribution in [0.4, 0.5) is 13.2 Å². The maximum absolute atomic E-state index is 12.4. The second-order valence-electron chi connectivity index (χ2n) is 3.36. The van der Waals surface area contributed by atoms with Gasteiger partial charge in [-0.3, -0.25) is 0 Å². The number of alkyl halides is 3. The van der Waals surface area contributed by atoms with Crippen molar-refractivity contribution in [2.45, 2.75) is 20.0 Å². The smallest absolute Gasteiger partial charge is 0.453 e. The summed E-state index contributed by atoms with van der Waals surface area (Å²) in [6.45, 7) is 3.33. The number of hydrogen-bond donors (Lipinski definition) is 0. The average molecular weight is 279 g/mol. The van der Waals surface area contributed by atoms with E-state index in [1.54, 1.807) is 6.92 Å². The fraction of sp³-hybridized carbons (Fsp3) is 0.444. The highest BCUT2D eigenvalue weighted by atomic mass is 32.1. The Balaban J connectivity index is 2.48. The summed E-state index contributed by atoms with van der Waals surface area (Å²) >= 11 is 0.824. The van der Waals surface area contributed by atoms with Crippen molar-refractivity contribution in [3.8, 4) is 0 Å². The number of fused-ring (bicyclic) bond motifs is 1. The average Bonchev–Trinajstić information content (AvgIpc) is 2.78. The molecule has 0 fully saturated rings. The molecule has 0 aliphatic carbocycles. The molecule has 2 rings (SSSR count). The molecule has 2 heterocycles. The Hall–Kier alpha value is -1.64. The van der Waals surface area contributed by atoms with Gasteiger partial charge in [0.15, 0.2) is 0 Å². The first kappa shape index (κ1) is 12.8. The van der Waals surface area contributed by atoms with Gasteiger partial charge in [0.1, 0.15) is 4.88 Å². The van der Waals surface area contributed by atoms with E-state index in [0.29, 0.717) is 0 Å². The number of rotatable bonds is 2. The van der Waals surface area contributed by atoms with E-state index in [2.05, 4.69) is 10.1 Å². The Morgan fingerprint density at radius 2 is 2.17 bits per heavy atom. The number of ether oxygens (including phenoxy) is 1. The Labute approximate surface area is 103 Å². The second-order valence-corrected chi connectivity index (χ2v) is 4.34. The normalized spacial score (nSPS) is 12.1. The standard InChI is InChI=1S/C9H8F3N3O2S/c1-3-17-6(16)5-4(2)15-8(18-5)13-7(14-15)9(10,11)12/h3H2,1-2H3. The van der Waals surface area contributed by atoms with Crippen LogP contribution in [0.1, 0.15) is 28.1 Å². The number of nitrogens with zero attached hydrogens (tertiary/aromatic N) is 3. The van der Waals surface area contributed by atoms with Gasteiger partial charge in [0.05, 0.1) is 12.3 Å². The van der Waals surface area contributed by atoms with Gasteiger partial charge >= 0.3 is 12.1 Å². The molecule has 0 aliphatic rings. The highest BCUT2D eigenvalue weighted by molar-refractivity contribution is 7.18. The van der Waals surface area contributed by atoms with Crippen LogP contribution < -0.4 is 0 Å². The van der Waals surface area contributed by atoms with Gasteiger partial charge in [-0.25, -0.2) is 9.31 Å². The van der Waals surface area contributed by atoms with Crippen molar-refractivity contribution >= 4 is 22.3 Å². The monoisotopic (exact) mass is 279 g/mol. The van der Waals surface area contributed by atoms with Crippen molar-refractivity contribution in [2.24, 2.45) is 0 Å². The van der Waals surface area contributed by atoms with E-state index >= 15 is 0 Å². The molecule has 5 nitrogen and oxygen atoms in total. The summed E-state index contributed by atoms with van der Waals surface area (Å²) in [6.07, 6.45) is -4.59. The summed E-state index contributed by atoms with van der Waals surface area (Å²) in [4.78, 5) is 15.1. The number of halogens is 3. The maximum Gasteiger partial charge on any atom is 0.453 e. The van der Waals surface area contributed by atoms with E-state index in [1.807, 2.05) is 0 Å². The molecule has 0 unspecified atom stereocenters. The van der Waals surface area contributed by atoms with Gasteiger partial charge in [-0.05, 0) is 13.8 Å². The van der Waals surface area contributed by atoms with Gasteiger partial charge in [0, 0.05) is 0 Å². The van der Waals surface area contributed by atoms with Gasteiger partial charge < -0.3 is 4.74 Å². The lowest BCUT2D eigenvalue weighted by molar-refractivity contribution is -0.144. The molecule has 0 saturated heterocycles. The number of carbonyl (C=O) groups excluding carboxylic acids is 1. The van der Waals surface area contributed by atoms with E-state index in [4.69, 9.17) is 4.74 Å². The van der Waals surface area contributed by atoms with Crippen molar-refractivity contribution < 1.29 is 22.7 Å². The van der Waals surface area contributed by atoms with E-state index in [9.17, 15) is 18.0 Å². The zero-order valence-corrected chi connectivity index (χ0v) is 10.2. The van der Waals surface area contributed by atoms with Crippen LogP contribution in [0.15, 0.2) is 0 Å². The van der Waals surface area contributed by atoms with Crippen molar-refractivity contribution in [3.05, 3.63) is 16.4 Å². The summed E-state index contributed by atoms with van der Waals surface area (Å²) in [5, 5.41) is 3.33. The molecule has 2 aromatic heterocycles. The highest BCUT2D eigenvalue weighted by Crippen LogP contribution is 2.29. The molecule has 0 radical (unpaired) electrons. The summed E-state index contributed by atoms with van der Waals surface area (Å²) in [5.41, 5.74) is 0.288. The molecule has 0 spiro atoms. The van der Waals surface area contributed by atoms with E-state index in [-0.39, 0.29) is 22.1 Å². The van der Waals surface area contributed by atoms with Crippen LogP contribution in [0.25, 0.3) is 4.96 Å². The summed E-state index contributed by atoms with van der Waals surface area (Å²) in [5.74, 6) is -1.80. The molecule has 0 atom stereocenters. The predicted octanol–water partition coefficient (Wildman–Crippen LogP) is 2.29. The van der Waals surface area contributed by atoms with Gasteiger partial charge in [0.25, 0.3) is 5.82 Å². The zero-order chi connectivity index (χ0) is 13.5. The molecule has 0 amide bonds. The third-order valence-electron chi connectivity index (χ3n) is 2.13. The van der Waals surface area contributed by atoms with Gasteiger partial charge in [0.2, 0.25) is 4.96 Å². The Kier molecular flexibility index (Phi) is 3.01. The molecule has 0 saturated carbocycles. The lowest BCUT2D eigenvalue weighted by Gasteiger charge is -2.00. The van der Waals surface area contributed by atoms with Crippen LogP contribution >= 0.6 is 11.3 Å². The minimum absolute atomic E-state index is 0.0166. The number of thiazole rings is 1. The van der Waals surface area contributed by atoms with Crippen LogP contribution in [0.3, 0.4) is 0 Å². The minimum atomic E-state index is -4.59. The van der Waals surface area contributed by atoms with Crippen LogP contribution in [0.2, 0.25) is 0 Å². The number of carbonyl (C=O) groups is 1. The molecule has 18 heavy (non-hydrogen) atoms. The highest BCUT2D eigenvalue weighted by Gasteiger charge is 2.37. The predicted molar refractivity (Wildman–Crippen MR) is 56.6 cm³/mol. The number of aromatic nitrogens is 3. The summed E-state index contributed by atoms with van der Waals surface area (Å²) in [7, 11) is 0. The number of hydrogen-bond acceptors (Lipinski definition) is 5. The molecule has 0 bridgehead atoms. The van der Waals surface area contributed by atoms with Gasteiger partial charge in [-0.15, -0.1) is 5.10 Å². The molecular weight excluding hydrogens is 271 g/mol. The van der Waals surface area contributed by atoms with Crippen LogP contribution in [-0.4, -0.2) is 27.2 Å². The lowest BCUT2D eigenvalue weighted by Crippen LogP contribution is -2.09. The molecule has 0 aromatic carbocycles. The lowest BCUT2D eigenvalue weighted by atomic mass is 10.4. The van der Waals surface area contributed by atoms with Crippen LogP contribution in [-0.2, 0) is 10.9 Å². The van der Waals surface area contributed by atoms with E-state index < -0.39 is 18.0 Å². The first-order valence-electron chi connectivity index (χ1n) is 4.95. The Morgan fingerprint density at radius 1 is 1.50 bits per heavy atom. The van der Waals surface area contributed by atoms with Crippen LogP contribution in [0, 0.1) is 6.92 Å². The summed E-state index contributed by atoms with van der Waals surface area (Å²) < 4.78 is 43.0. The first-order valence-corrected chi connectivity index (χ1v) is 5.76. The van der Waals surface area contributed by atoms with E-state index in [1.165, 1.54) is 6.92 Å². The third kappa shape index (κ3) is 2.05. The molecular formula is C9H8F3N3O2S. The SMILES string of the molecule is CCOC(=O)c1sc2nc(C(F)(F)F)nn2c1C. The van der Waals surface area contributed by atoms with Crippen molar-refractivity contribution in [2.75, 3.05) is 6.61 Å². The largest absolute Gasteiger partial charge is 0.462 e. The second kappa shape index (κ2) is 4.23. The fourth-order valence-electron chi connectivity index (χ4n) is 1.35. The topological polar surface area (TPSA) is 56.5 Å². The van der Waals surface area contributed by atoms with Gasteiger partial charge in [-0.1, -0.05) is 11.3 Å². The van der Waals surface area contributed by atoms with Crippen LogP contribution in [0.5, 0.6) is 0 Å². The number of aryl methyl sites for hydroxylation is 1. The van der Waals surface area contributed by atoms with Gasteiger partial charge in [-0.2, -0.15) is 18.2 Å². The maximum atomic E-state index is 12.4. The fourth-order valence-corrected chi connectivity index (χ4v) is 2.31. The Morgan fingerprint density at radius 3 is 2.67 bits per heavy atom. The first-order chi connectivity index (χ1) is 8.34. The third-order valence-corrected chi connectivity index (χ3v) is 3.24. The summed E-state index contributed by atoms with van der Waals surface area (Å²) in [6, 6.07) is 0. The molecule has 9 heteroatoms. The van der Waals surface area contributed by atoms with Crippen molar-refractivity contribution in [1.29, 1.82) is 0 Å².